The van der Waals surface area contributed by atoms with E-state index < -0.39 is 0 Å². The molecule has 3 rings (SSSR count). The van der Waals surface area contributed by atoms with Gasteiger partial charge in [-0.05, 0) is 63.1 Å². The Morgan fingerprint density at radius 2 is 1.92 bits per heavy atom. The lowest BCUT2D eigenvalue weighted by Gasteiger charge is -2.33. The van der Waals surface area contributed by atoms with Crippen LogP contribution in [0.3, 0.4) is 0 Å². The molecule has 1 atom stereocenters. The number of Topliss-reactive ketones (excluding diaryl/α,β-unsaturated/α-hetero) is 1. The normalized spacial score (nSPS) is 21.5. The van der Waals surface area contributed by atoms with Crippen molar-refractivity contribution >= 4 is 11.7 Å². The topological polar surface area (TPSA) is 40.6 Å². The minimum atomic E-state index is 0.124. The highest BCUT2D eigenvalue weighted by atomic mass is 16.2. The maximum atomic E-state index is 12.2. The predicted octanol–water partition coefficient (Wildman–Crippen LogP) is 3.50. The molecule has 0 bridgehead atoms. The molecule has 1 aromatic carbocycles. The predicted molar refractivity (Wildman–Crippen MR) is 99.5 cm³/mol. The maximum absolute atomic E-state index is 12.2. The second kappa shape index (κ2) is 8.61. The molecular formula is C21H30N2O2. The van der Waals surface area contributed by atoms with E-state index in [1.54, 1.807) is 6.92 Å². The molecule has 2 aliphatic rings. The Morgan fingerprint density at radius 3 is 2.68 bits per heavy atom. The molecule has 4 heteroatoms. The molecule has 25 heavy (non-hydrogen) atoms. The van der Waals surface area contributed by atoms with E-state index in [0.717, 1.165) is 44.7 Å². The first-order chi connectivity index (χ1) is 12.1. The van der Waals surface area contributed by atoms with Crippen LogP contribution in [0.5, 0.6) is 0 Å². The first-order valence-corrected chi connectivity index (χ1v) is 9.72. The molecule has 0 N–H and O–H groups in total. The molecule has 0 spiro atoms. The molecule has 2 fully saturated rings. The van der Waals surface area contributed by atoms with E-state index >= 15 is 0 Å². The van der Waals surface area contributed by atoms with Gasteiger partial charge in [-0.15, -0.1) is 0 Å². The van der Waals surface area contributed by atoms with Crippen LogP contribution in [-0.2, 0) is 11.3 Å². The van der Waals surface area contributed by atoms with Crippen LogP contribution >= 0.6 is 0 Å². The Hall–Kier alpha value is -1.68. The quantitative estimate of drug-likeness (QED) is 0.743. The summed E-state index contributed by atoms with van der Waals surface area (Å²) in [7, 11) is 0. The molecule has 1 aromatic rings. The molecule has 0 aromatic heterocycles. The van der Waals surface area contributed by atoms with Gasteiger partial charge in [0, 0.05) is 38.2 Å². The zero-order valence-electron chi connectivity index (χ0n) is 15.4. The summed E-state index contributed by atoms with van der Waals surface area (Å²) in [4.78, 5) is 28.3. The van der Waals surface area contributed by atoms with Crippen molar-refractivity contribution in [1.29, 1.82) is 0 Å². The molecule has 1 amide bonds. The number of piperidine rings is 1. The smallest absolute Gasteiger partial charge is 0.222 e. The minimum Gasteiger partial charge on any atom is -0.343 e. The summed E-state index contributed by atoms with van der Waals surface area (Å²) in [5.74, 6) is 1.10. The molecule has 4 nitrogen and oxygen atoms in total. The number of carbonyl (C=O) groups is 2. The van der Waals surface area contributed by atoms with Gasteiger partial charge in [0.15, 0.2) is 5.78 Å². The van der Waals surface area contributed by atoms with E-state index in [1.165, 1.54) is 31.2 Å². The van der Waals surface area contributed by atoms with Gasteiger partial charge in [-0.3, -0.25) is 14.5 Å². The maximum Gasteiger partial charge on any atom is 0.222 e. The molecule has 0 unspecified atom stereocenters. The van der Waals surface area contributed by atoms with E-state index in [0.29, 0.717) is 18.2 Å². The van der Waals surface area contributed by atoms with Crippen molar-refractivity contribution in [3.63, 3.8) is 0 Å². The van der Waals surface area contributed by atoms with Crippen LogP contribution in [-0.4, -0.2) is 47.7 Å². The average Bonchev–Trinajstić information content (AvgIpc) is 3.15. The van der Waals surface area contributed by atoms with Crippen molar-refractivity contribution in [2.45, 2.75) is 52.0 Å². The van der Waals surface area contributed by atoms with Gasteiger partial charge in [0.05, 0.1) is 0 Å². The SMILES string of the molecule is CC(=O)c1cccc(CN2CCC[C@H](CCC(=O)N3CCCC3)C2)c1. The molecule has 2 heterocycles. The van der Waals surface area contributed by atoms with E-state index in [-0.39, 0.29) is 5.78 Å². The minimum absolute atomic E-state index is 0.124. The number of ketones is 1. The van der Waals surface area contributed by atoms with Crippen LogP contribution in [0.1, 0.15) is 61.4 Å². The summed E-state index contributed by atoms with van der Waals surface area (Å²) in [5, 5.41) is 0. The third kappa shape index (κ3) is 5.15. The number of nitrogens with zero attached hydrogens (tertiary/aromatic N) is 2. The fourth-order valence-corrected chi connectivity index (χ4v) is 4.13. The summed E-state index contributed by atoms with van der Waals surface area (Å²) < 4.78 is 0. The summed E-state index contributed by atoms with van der Waals surface area (Å²) in [6, 6.07) is 7.98. The molecule has 2 aliphatic heterocycles. The van der Waals surface area contributed by atoms with Gasteiger partial charge < -0.3 is 4.90 Å². The lowest BCUT2D eigenvalue weighted by molar-refractivity contribution is -0.130. The number of carbonyl (C=O) groups excluding carboxylic acids is 2. The molecule has 136 valence electrons. The van der Waals surface area contributed by atoms with Gasteiger partial charge in [0.25, 0.3) is 0 Å². The Balaban J connectivity index is 1.48. The summed E-state index contributed by atoms with van der Waals surface area (Å²) in [6.45, 7) is 6.62. The van der Waals surface area contributed by atoms with Crippen molar-refractivity contribution in [2.24, 2.45) is 5.92 Å². The third-order valence-corrected chi connectivity index (χ3v) is 5.57. The summed E-state index contributed by atoms with van der Waals surface area (Å²) in [5.41, 5.74) is 2.00. The standard InChI is InChI=1S/C21H30N2O2/c1-17(24)20-8-4-6-19(14-20)16-22-11-5-7-18(15-22)9-10-21(25)23-12-2-3-13-23/h4,6,8,14,18H,2-3,5,7,9-13,15-16H2,1H3/t18-/m1/s1. The van der Waals surface area contributed by atoms with Gasteiger partial charge >= 0.3 is 0 Å². The lowest BCUT2D eigenvalue weighted by Crippen LogP contribution is -2.36. The van der Waals surface area contributed by atoms with Crippen molar-refractivity contribution in [3.05, 3.63) is 35.4 Å². The van der Waals surface area contributed by atoms with Gasteiger partial charge in [-0.2, -0.15) is 0 Å². The fourth-order valence-electron chi connectivity index (χ4n) is 4.13. The fraction of sp³-hybridized carbons (Fsp3) is 0.619. The van der Waals surface area contributed by atoms with Crippen molar-refractivity contribution in [2.75, 3.05) is 26.2 Å². The summed E-state index contributed by atoms with van der Waals surface area (Å²) >= 11 is 0. The number of amides is 1. The highest BCUT2D eigenvalue weighted by Crippen LogP contribution is 2.23. The Morgan fingerprint density at radius 1 is 1.12 bits per heavy atom. The van der Waals surface area contributed by atoms with E-state index in [4.69, 9.17) is 0 Å². The zero-order valence-corrected chi connectivity index (χ0v) is 15.4. The van der Waals surface area contributed by atoms with Crippen LogP contribution in [0.25, 0.3) is 0 Å². The average molecular weight is 342 g/mol. The van der Waals surface area contributed by atoms with Gasteiger partial charge in [-0.25, -0.2) is 0 Å². The second-order valence-corrected chi connectivity index (χ2v) is 7.63. The van der Waals surface area contributed by atoms with Crippen molar-refractivity contribution in [1.82, 2.24) is 9.80 Å². The number of likely N-dealkylation sites (tertiary alicyclic amines) is 2. The van der Waals surface area contributed by atoms with E-state index in [2.05, 4.69) is 11.0 Å². The molecule has 0 saturated carbocycles. The molecule has 2 saturated heterocycles. The third-order valence-electron chi connectivity index (χ3n) is 5.57. The van der Waals surface area contributed by atoms with Crippen molar-refractivity contribution in [3.8, 4) is 0 Å². The largest absolute Gasteiger partial charge is 0.343 e. The molecular weight excluding hydrogens is 312 g/mol. The summed E-state index contributed by atoms with van der Waals surface area (Å²) in [6.07, 6.45) is 6.49. The molecule has 0 radical (unpaired) electrons. The first-order valence-electron chi connectivity index (χ1n) is 9.72. The van der Waals surface area contributed by atoms with Gasteiger partial charge in [0.1, 0.15) is 0 Å². The number of hydrogen-bond donors (Lipinski definition) is 0. The Kier molecular flexibility index (Phi) is 6.24. The second-order valence-electron chi connectivity index (χ2n) is 7.63. The lowest BCUT2D eigenvalue weighted by atomic mass is 9.92. The van der Waals surface area contributed by atoms with Crippen LogP contribution in [0.4, 0.5) is 0 Å². The Bertz CT molecular complexity index is 608. The van der Waals surface area contributed by atoms with Crippen molar-refractivity contribution < 1.29 is 9.59 Å². The number of rotatable bonds is 6. The first kappa shape index (κ1) is 18.1. The highest BCUT2D eigenvalue weighted by molar-refractivity contribution is 5.94. The number of hydrogen-bond acceptors (Lipinski definition) is 3. The monoisotopic (exact) mass is 342 g/mol. The van der Waals surface area contributed by atoms with Crippen LogP contribution in [0.2, 0.25) is 0 Å². The number of benzene rings is 1. The van der Waals surface area contributed by atoms with Gasteiger partial charge in [0.2, 0.25) is 5.91 Å². The highest BCUT2D eigenvalue weighted by Gasteiger charge is 2.23. The van der Waals surface area contributed by atoms with E-state index in [1.807, 2.05) is 23.1 Å². The Labute approximate surface area is 151 Å². The van der Waals surface area contributed by atoms with Crippen LogP contribution in [0.15, 0.2) is 24.3 Å². The van der Waals surface area contributed by atoms with Crippen LogP contribution < -0.4 is 0 Å². The van der Waals surface area contributed by atoms with E-state index in [9.17, 15) is 9.59 Å². The zero-order chi connectivity index (χ0) is 17.6. The molecule has 0 aliphatic carbocycles. The van der Waals surface area contributed by atoms with Crippen LogP contribution in [0, 0.1) is 5.92 Å². The van der Waals surface area contributed by atoms with Gasteiger partial charge in [-0.1, -0.05) is 18.2 Å².